The number of alkyl halides is 2. The second-order valence-corrected chi connectivity index (χ2v) is 12.9. The lowest BCUT2D eigenvalue weighted by atomic mass is 9.92. The first-order chi connectivity index (χ1) is 19.3. The van der Waals surface area contributed by atoms with E-state index in [2.05, 4.69) is 25.9 Å². The van der Waals surface area contributed by atoms with Crippen LogP contribution < -0.4 is 11.4 Å². The highest BCUT2D eigenvalue weighted by atomic mass is 79.9. The molecule has 0 radical (unpaired) electrons. The number of anilines is 1. The van der Waals surface area contributed by atoms with Gasteiger partial charge in [0.25, 0.3) is 5.92 Å². The number of aromatic nitrogens is 4. The molecule has 2 aromatic heterocycles. The summed E-state index contributed by atoms with van der Waals surface area (Å²) in [6, 6.07) is 5.58. The highest BCUT2D eigenvalue weighted by Gasteiger charge is 2.47. The third-order valence-corrected chi connectivity index (χ3v) is 8.37. The van der Waals surface area contributed by atoms with E-state index in [1.54, 1.807) is 34.1 Å². The Morgan fingerprint density at radius 2 is 1.80 bits per heavy atom. The van der Waals surface area contributed by atoms with Gasteiger partial charge in [-0.15, -0.1) is 0 Å². The Labute approximate surface area is 245 Å². The second kappa shape index (κ2) is 11.3. The number of rotatable bonds is 5. The molecule has 2 N–H and O–H groups in total. The maximum atomic E-state index is 15.8. The summed E-state index contributed by atoms with van der Waals surface area (Å²) in [4.78, 5) is 37.8. The number of halogens is 3. The van der Waals surface area contributed by atoms with Crippen LogP contribution in [-0.2, 0) is 4.74 Å². The number of nitrogens with two attached hydrogens (primary N) is 1. The summed E-state index contributed by atoms with van der Waals surface area (Å²) >= 11 is 3.38. The van der Waals surface area contributed by atoms with E-state index in [0.29, 0.717) is 37.8 Å². The number of piperidine rings is 2. The summed E-state index contributed by atoms with van der Waals surface area (Å²) in [6.45, 7) is 7.25. The maximum Gasteiger partial charge on any atom is 0.410 e. The lowest BCUT2D eigenvalue weighted by Gasteiger charge is -2.39. The Balaban J connectivity index is 1.27. The van der Waals surface area contributed by atoms with Crippen LogP contribution in [0.4, 0.5) is 19.4 Å². The van der Waals surface area contributed by atoms with Gasteiger partial charge in [-0.1, -0.05) is 15.9 Å². The molecule has 1 aromatic carbocycles. The molecular weight excluding hydrogens is 600 g/mol. The standard InChI is InChI=1S/C28H36BrF2N7O3/c1-27(2,3)41-26(40)36-14-9-18(10-15-36)8-12-35-13-11-21(28(30,31)16-35)38-24-22(23(32)33-17-34-24)37(25(38)39)20-6-4-19(29)5-7-20/h4-7,17-18,21H,8-16H2,1-3H3,(H2,32,33,34)/t21-/m1/s1. The van der Waals surface area contributed by atoms with E-state index in [0.717, 1.165) is 28.3 Å². The molecule has 5 rings (SSSR count). The predicted octanol–water partition coefficient (Wildman–Crippen LogP) is 4.85. The third-order valence-electron chi connectivity index (χ3n) is 7.84. The number of nitrogen functional groups attached to an aromatic ring is 1. The number of benzene rings is 1. The zero-order valence-corrected chi connectivity index (χ0v) is 25.1. The number of amides is 1. The highest BCUT2D eigenvalue weighted by molar-refractivity contribution is 9.10. The molecule has 0 unspecified atom stereocenters. The smallest absolute Gasteiger partial charge is 0.410 e. The van der Waals surface area contributed by atoms with Crippen molar-refractivity contribution in [1.29, 1.82) is 0 Å². The molecule has 1 atom stereocenters. The Morgan fingerprint density at radius 1 is 1.12 bits per heavy atom. The summed E-state index contributed by atoms with van der Waals surface area (Å²) in [5, 5.41) is 0. The van der Waals surface area contributed by atoms with E-state index in [1.165, 1.54) is 10.9 Å². The van der Waals surface area contributed by atoms with Crippen LogP contribution >= 0.6 is 15.9 Å². The zero-order valence-electron chi connectivity index (χ0n) is 23.5. The first-order valence-corrected chi connectivity index (χ1v) is 14.7. The molecule has 2 aliphatic heterocycles. The molecule has 3 aromatic rings. The van der Waals surface area contributed by atoms with Crippen LogP contribution in [0.15, 0.2) is 39.9 Å². The van der Waals surface area contributed by atoms with Gasteiger partial charge in [0.2, 0.25) is 0 Å². The molecule has 13 heteroatoms. The average molecular weight is 637 g/mol. The van der Waals surface area contributed by atoms with Gasteiger partial charge in [-0.05, 0) is 83.2 Å². The molecule has 2 saturated heterocycles. The summed E-state index contributed by atoms with van der Waals surface area (Å²) in [5.41, 5.74) is 5.78. The third kappa shape index (κ3) is 6.25. The number of carbonyl (C=O) groups is 1. The van der Waals surface area contributed by atoms with E-state index in [1.807, 2.05) is 20.8 Å². The van der Waals surface area contributed by atoms with Gasteiger partial charge in [0.1, 0.15) is 23.5 Å². The van der Waals surface area contributed by atoms with Gasteiger partial charge < -0.3 is 15.4 Å². The number of carbonyl (C=O) groups excluding carboxylic acids is 1. The van der Waals surface area contributed by atoms with Gasteiger partial charge in [-0.25, -0.2) is 28.3 Å². The van der Waals surface area contributed by atoms with Crippen molar-refractivity contribution in [2.24, 2.45) is 5.92 Å². The molecule has 2 aliphatic rings. The summed E-state index contributed by atoms with van der Waals surface area (Å²) in [5.74, 6) is -2.76. The monoisotopic (exact) mass is 635 g/mol. The second-order valence-electron chi connectivity index (χ2n) is 11.9. The fraction of sp³-hybridized carbons (Fsp3) is 0.571. The van der Waals surface area contributed by atoms with Crippen LogP contribution in [0.1, 0.15) is 52.5 Å². The van der Waals surface area contributed by atoms with Crippen molar-refractivity contribution >= 4 is 39.0 Å². The molecule has 0 saturated carbocycles. The lowest BCUT2D eigenvalue weighted by molar-refractivity contribution is -0.104. The van der Waals surface area contributed by atoms with Crippen molar-refractivity contribution in [3.05, 3.63) is 45.5 Å². The fourth-order valence-electron chi connectivity index (χ4n) is 5.78. The fourth-order valence-corrected chi connectivity index (χ4v) is 6.05. The van der Waals surface area contributed by atoms with Crippen LogP contribution in [0.2, 0.25) is 0 Å². The van der Waals surface area contributed by atoms with Gasteiger partial charge >= 0.3 is 11.8 Å². The minimum atomic E-state index is -3.17. The molecule has 0 aliphatic carbocycles. The normalized spacial score (nSPS) is 20.4. The number of hydrogen-bond donors (Lipinski definition) is 1. The van der Waals surface area contributed by atoms with Crippen molar-refractivity contribution in [2.75, 3.05) is 38.5 Å². The molecule has 222 valence electrons. The Kier molecular flexibility index (Phi) is 8.12. The first kappa shape index (κ1) is 29.4. The van der Waals surface area contributed by atoms with Crippen molar-refractivity contribution < 1.29 is 18.3 Å². The SMILES string of the molecule is CC(C)(C)OC(=O)N1CCC(CCN2CC[C@@H](n3c(=O)n(-c4ccc(Br)cc4)c4c(N)ncnc43)C(F)(F)C2)CC1. The van der Waals surface area contributed by atoms with Crippen molar-refractivity contribution in [3.63, 3.8) is 0 Å². The molecule has 41 heavy (non-hydrogen) atoms. The molecule has 1 amide bonds. The molecule has 2 fully saturated rings. The number of nitrogens with zero attached hydrogens (tertiary/aromatic N) is 6. The predicted molar refractivity (Wildman–Crippen MR) is 155 cm³/mol. The quantitative estimate of drug-likeness (QED) is 0.427. The topological polar surface area (TPSA) is 112 Å². The van der Waals surface area contributed by atoms with Crippen LogP contribution in [0.25, 0.3) is 16.9 Å². The average Bonchev–Trinajstić information content (AvgIpc) is 3.19. The number of fused-ring (bicyclic) bond motifs is 1. The Morgan fingerprint density at radius 3 is 2.44 bits per heavy atom. The van der Waals surface area contributed by atoms with Gasteiger partial charge in [0, 0.05) is 24.1 Å². The lowest BCUT2D eigenvalue weighted by Crippen LogP contribution is -2.51. The van der Waals surface area contributed by atoms with Gasteiger partial charge in [-0.2, -0.15) is 0 Å². The van der Waals surface area contributed by atoms with Crippen LogP contribution in [0, 0.1) is 5.92 Å². The molecule has 4 heterocycles. The summed E-state index contributed by atoms with van der Waals surface area (Å²) < 4.78 is 40.2. The van der Waals surface area contributed by atoms with Crippen molar-refractivity contribution in [3.8, 4) is 5.69 Å². The number of ether oxygens (including phenoxy) is 1. The van der Waals surface area contributed by atoms with Gasteiger partial charge in [0.05, 0.1) is 12.2 Å². The summed E-state index contributed by atoms with van der Waals surface area (Å²) in [7, 11) is 0. The van der Waals surface area contributed by atoms with Crippen molar-refractivity contribution in [1.82, 2.24) is 28.9 Å². The van der Waals surface area contributed by atoms with E-state index in [-0.39, 0.29) is 29.5 Å². The van der Waals surface area contributed by atoms with Crippen molar-refractivity contribution in [2.45, 2.75) is 64.0 Å². The number of imidazole rings is 1. The van der Waals surface area contributed by atoms with Crippen LogP contribution in [-0.4, -0.2) is 79.2 Å². The Hall–Kier alpha value is -3.06. The summed E-state index contributed by atoms with van der Waals surface area (Å²) in [6.07, 6.45) is 3.39. The van der Waals surface area contributed by atoms with Gasteiger partial charge in [0.15, 0.2) is 11.5 Å². The molecule has 10 nitrogen and oxygen atoms in total. The highest BCUT2D eigenvalue weighted by Crippen LogP contribution is 2.38. The first-order valence-electron chi connectivity index (χ1n) is 13.9. The van der Waals surface area contributed by atoms with E-state index < -0.39 is 29.8 Å². The van der Waals surface area contributed by atoms with E-state index in [9.17, 15) is 9.59 Å². The largest absolute Gasteiger partial charge is 0.444 e. The van der Waals surface area contributed by atoms with E-state index >= 15 is 8.78 Å². The molecule has 0 spiro atoms. The molecular formula is C28H36BrF2N7O3. The van der Waals surface area contributed by atoms with Crippen LogP contribution in [0.3, 0.4) is 0 Å². The number of likely N-dealkylation sites (tertiary alicyclic amines) is 2. The minimum absolute atomic E-state index is 0.0484. The van der Waals surface area contributed by atoms with Gasteiger partial charge in [-0.3, -0.25) is 14.0 Å². The van der Waals surface area contributed by atoms with Crippen LogP contribution in [0.5, 0.6) is 0 Å². The Bertz CT molecular complexity index is 1460. The minimum Gasteiger partial charge on any atom is -0.444 e. The zero-order chi connectivity index (χ0) is 29.5. The van der Waals surface area contributed by atoms with E-state index in [4.69, 9.17) is 10.5 Å². The number of hydrogen-bond acceptors (Lipinski definition) is 7. The maximum absolute atomic E-state index is 15.8. The molecule has 0 bridgehead atoms.